The Labute approximate surface area is 56.2 Å². The molecule has 3 heteroatoms. The molecule has 0 amide bonds. The molecule has 0 unspecified atom stereocenters. The van der Waals surface area contributed by atoms with Crippen LogP contribution in [-0.2, 0) is 9.53 Å². The van der Waals surface area contributed by atoms with E-state index in [9.17, 15) is 4.79 Å². The van der Waals surface area contributed by atoms with E-state index in [1.165, 1.54) is 0 Å². The molecule has 0 aromatic rings. The number of hydrogen-bond acceptors (Lipinski definition) is 3. The molecule has 0 aliphatic heterocycles. The van der Waals surface area contributed by atoms with Gasteiger partial charge in [0.15, 0.2) is 0 Å². The first-order valence-electron chi connectivity index (χ1n) is 3.17. The smallest absolute Gasteiger partial charge is 0.319 e. The lowest BCUT2D eigenvalue weighted by atomic mass is 10.7. The second-order valence-electron chi connectivity index (χ2n) is 1.01. The van der Waals surface area contributed by atoms with Crippen molar-refractivity contribution in [2.45, 2.75) is 20.8 Å². The first-order chi connectivity index (χ1) is 4.31. The minimum Gasteiger partial charge on any atom is -0.465 e. The molecule has 0 aromatic heterocycles. The molecule has 0 bridgehead atoms. The summed E-state index contributed by atoms with van der Waals surface area (Å²) >= 11 is 0. The van der Waals surface area contributed by atoms with Crippen LogP contribution in [0.2, 0.25) is 0 Å². The summed E-state index contributed by atoms with van der Waals surface area (Å²) in [5, 5.41) is 0. The highest BCUT2D eigenvalue weighted by Gasteiger charge is 1.91. The fourth-order valence-corrected chi connectivity index (χ4v) is 0.220. The quantitative estimate of drug-likeness (QED) is 0.559. The molecule has 0 aliphatic rings. The number of nitrogens with two attached hydrogens (primary N) is 1. The summed E-state index contributed by atoms with van der Waals surface area (Å²) in [5.41, 5.74) is 4.88. The van der Waals surface area contributed by atoms with E-state index in [-0.39, 0.29) is 12.5 Å². The normalized spacial score (nSPS) is 7.11. The van der Waals surface area contributed by atoms with E-state index in [0.29, 0.717) is 6.61 Å². The van der Waals surface area contributed by atoms with Gasteiger partial charge in [0.1, 0.15) is 0 Å². The maximum Gasteiger partial charge on any atom is 0.319 e. The molecular weight excluding hydrogens is 118 g/mol. The minimum atomic E-state index is -0.345. The first kappa shape index (κ1) is 11.3. The zero-order valence-electron chi connectivity index (χ0n) is 6.31. The summed E-state index contributed by atoms with van der Waals surface area (Å²) in [4.78, 5) is 10.1. The van der Waals surface area contributed by atoms with Gasteiger partial charge in [0.2, 0.25) is 0 Å². The standard InChI is InChI=1S/C4H9NO2.C2H6/c1-2-7-4(6)3-5;1-2/h2-3,5H2,1H3;1-2H3. The average molecular weight is 133 g/mol. The van der Waals surface area contributed by atoms with Crippen molar-refractivity contribution in [2.24, 2.45) is 5.73 Å². The maximum atomic E-state index is 10.1. The number of carbonyl (C=O) groups excluding carboxylic acids is 1. The summed E-state index contributed by atoms with van der Waals surface area (Å²) in [6.07, 6.45) is 0. The number of esters is 1. The fraction of sp³-hybridized carbons (Fsp3) is 0.833. The van der Waals surface area contributed by atoms with Crippen molar-refractivity contribution in [3.05, 3.63) is 0 Å². The maximum absolute atomic E-state index is 10.1. The molecule has 9 heavy (non-hydrogen) atoms. The van der Waals surface area contributed by atoms with Gasteiger partial charge in [0, 0.05) is 0 Å². The number of rotatable bonds is 2. The van der Waals surface area contributed by atoms with E-state index in [1.807, 2.05) is 13.8 Å². The topological polar surface area (TPSA) is 52.3 Å². The molecule has 0 rings (SSSR count). The fourth-order valence-electron chi connectivity index (χ4n) is 0.220. The van der Waals surface area contributed by atoms with Gasteiger partial charge in [-0.1, -0.05) is 13.8 Å². The van der Waals surface area contributed by atoms with E-state index in [1.54, 1.807) is 6.92 Å². The molecule has 0 fully saturated rings. The molecule has 0 saturated carbocycles. The van der Waals surface area contributed by atoms with Gasteiger partial charge in [-0.2, -0.15) is 0 Å². The number of hydrogen-bond donors (Lipinski definition) is 1. The van der Waals surface area contributed by atoms with Crippen LogP contribution >= 0.6 is 0 Å². The van der Waals surface area contributed by atoms with Crippen molar-refractivity contribution in [2.75, 3.05) is 13.2 Å². The molecule has 2 N–H and O–H groups in total. The Morgan fingerprint density at radius 3 is 2.11 bits per heavy atom. The van der Waals surface area contributed by atoms with E-state index >= 15 is 0 Å². The highest BCUT2D eigenvalue weighted by atomic mass is 16.5. The summed E-state index contributed by atoms with van der Waals surface area (Å²) in [6, 6.07) is 0. The Hall–Kier alpha value is -0.570. The monoisotopic (exact) mass is 133 g/mol. The van der Waals surface area contributed by atoms with Crippen LogP contribution in [0.15, 0.2) is 0 Å². The summed E-state index contributed by atoms with van der Waals surface area (Å²) in [5.74, 6) is -0.345. The highest BCUT2D eigenvalue weighted by molar-refractivity contribution is 5.71. The summed E-state index contributed by atoms with van der Waals surface area (Å²) < 4.78 is 4.43. The van der Waals surface area contributed by atoms with Crippen LogP contribution in [0.25, 0.3) is 0 Å². The minimum absolute atomic E-state index is 0.0200. The molecule has 0 spiro atoms. The van der Waals surface area contributed by atoms with E-state index < -0.39 is 0 Å². The second-order valence-corrected chi connectivity index (χ2v) is 1.01. The zero-order chi connectivity index (χ0) is 7.70. The Bertz CT molecular complexity index is 64.1. The molecule has 0 aromatic carbocycles. The number of carbonyl (C=O) groups is 1. The highest BCUT2D eigenvalue weighted by Crippen LogP contribution is 1.69. The van der Waals surface area contributed by atoms with Gasteiger partial charge in [-0.25, -0.2) is 0 Å². The molecule has 56 valence electrons. The van der Waals surface area contributed by atoms with Crippen LogP contribution in [0.5, 0.6) is 0 Å². The predicted molar refractivity (Wildman–Crippen MR) is 37.0 cm³/mol. The van der Waals surface area contributed by atoms with Gasteiger partial charge >= 0.3 is 5.97 Å². The van der Waals surface area contributed by atoms with Crippen LogP contribution in [-0.4, -0.2) is 19.1 Å². The van der Waals surface area contributed by atoms with Crippen molar-refractivity contribution in [3.63, 3.8) is 0 Å². The third kappa shape index (κ3) is 11.2. The third-order valence-corrected chi connectivity index (χ3v) is 0.472. The lowest BCUT2D eigenvalue weighted by Gasteiger charge is -1.93. The van der Waals surface area contributed by atoms with Gasteiger partial charge in [-0.05, 0) is 6.92 Å². The van der Waals surface area contributed by atoms with Crippen LogP contribution < -0.4 is 5.73 Å². The van der Waals surface area contributed by atoms with E-state index in [4.69, 9.17) is 5.73 Å². The van der Waals surface area contributed by atoms with Crippen LogP contribution in [0.4, 0.5) is 0 Å². The van der Waals surface area contributed by atoms with Gasteiger partial charge < -0.3 is 10.5 Å². The predicted octanol–water partition coefficient (Wildman–Crippen LogP) is 0.534. The molecule has 0 radical (unpaired) electrons. The summed E-state index contributed by atoms with van der Waals surface area (Å²) in [7, 11) is 0. The second kappa shape index (κ2) is 10.4. The number of ether oxygens (including phenoxy) is 1. The van der Waals surface area contributed by atoms with Gasteiger partial charge in [-0.15, -0.1) is 0 Å². The van der Waals surface area contributed by atoms with Gasteiger partial charge in [0.25, 0.3) is 0 Å². The summed E-state index contributed by atoms with van der Waals surface area (Å²) in [6.45, 7) is 6.14. The molecule has 0 heterocycles. The molecule has 0 atom stereocenters. The molecule has 0 aliphatic carbocycles. The van der Waals surface area contributed by atoms with Gasteiger partial charge in [0.05, 0.1) is 13.2 Å². The Balaban J connectivity index is 0. The van der Waals surface area contributed by atoms with Crippen molar-refractivity contribution in [3.8, 4) is 0 Å². The zero-order valence-corrected chi connectivity index (χ0v) is 6.31. The van der Waals surface area contributed by atoms with Crippen molar-refractivity contribution in [1.29, 1.82) is 0 Å². The van der Waals surface area contributed by atoms with Crippen LogP contribution in [0.1, 0.15) is 20.8 Å². The van der Waals surface area contributed by atoms with Gasteiger partial charge in [-0.3, -0.25) is 4.79 Å². The van der Waals surface area contributed by atoms with Crippen molar-refractivity contribution in [1.82, 2.24) is 0 Å². The van der Waals surface area contributed by atoms with Crippen molar-refractivity contribution < 1.29 is 9.53 Å². The lowest BCUT2D eigenvalue weighted by Crippen LogP contribution is -2.16. The Morgan fingerprint density at radius 1 is 1.56 bits per heavy atom. The van der Waals surface area contributed by atoms with E-state index in [2.05, 4.69) is 4.74 Å². The SMILES string of the molecule is CC.CCOC(=O)CN. The van der Waals surface area contributed by atoms with E-state index in [0.717, 1.165) is 0 Å². The average Bonchev–Trinajstić information content (AvgIpc) is 1.93. The molecular formula is C6H15NO2. The first-order valence-corrected chi connectivity index (χ1v) is 3.17. The Kier molecular flexibility index (Phi) is 13.0. The van der Waals surface area contributed by atoms with Crippen LogP contribution in [0.3, 0.4) is 0 Å². The third-order valence-electron chi connectivity index (χ3n) is 0.472. The molecule has 0 saturated heterocycles. The largest absolute Gasteiger partial charge is 0.465 e. The van der Waals surface area contributed by atoms with Crippen LogP contribution in [0, 0.1) is 0 Å². The lowest BCUT2D eigenvalue weighted by molar-refractivity contribution is -0.141. The molecule has 3 nitrogen and oxygen atoms in total. The Morgan fingerprint density at radius 2 is 2.00 bits per heavy atom. The van der Waals surface area contributed by atoms with Crippen molar-refractivity contribution >= 4 is 5.97 Å².